The average Bonchev–Trinajstić information content (AvgIpc) is 2.13. The van der Waals surface area contributed by atoms with Gasteiger partial charge in [0.15, 0.2) is 0 Å². The van der Waals surface area contributed by atoms with Crippen molar-refractivity contribution in [2.75, 3.05) is 44.9 Å². The third kappa shape index (κ3) is 4.86. The van der Waals surface area contributed by atoms with Gasteiger partial charge in [0.25, 0.3) is 0 Å². The van der Waals surface area contributed by atoms with Gasteiger partial charge < -0.3 is 14.7 Å². The standard InChI is InChI=1S/C9H19NO2S/c1-10-3-5-12-9(7-10)8-13-6-2-4-11/h9,11H,2-8H2,1H3. The van der Waals surface area contributed by atoms with E-state index < -0.39 is 0 Å². The Bertz CT molecular complexity index is 135. The van der Waals surface area contributed by atoms with Crippen LogP contribution in [0.3, 0.4) is 0 Å². The summed E-state index contributed by atoms with van der Waals surface area (Å²) in [5.74, 6) is 2.10. The van der Waals surface area contributed by atoms with Crippen LogP contribution in [0.25, 0.3) is 0 Å². The largest absolute Gasteiger partial charge is 0.396 e. The van der Waals surface area contributed by atoms with E-state index in [-0.39, 0.29) is 0 Å². The second-order valence-corrected chi connectivity index (χ2v) is 4.56. The van der Waals surface area contributed by atoms with E-state index >= 15 is 0 Å². The summed E-state index contributed by atoms with van der Waals surface area (Å²) in [6.45, 7) is 3.27. The van der Waals surface area contributed by atoms with Crippen LogP contribution in [0.15, 0.2) is 0 Å². The Kier molecular flexibility index (Phi) is 5.78. The lowest BCUT2D eigenvalue weighted by molar-refractivity contribution is -0.00598. The molecule has 0 spiro atoms. The molecule has 0 aromatic carbocycles. The van der Waals surface area contributed by atoms with Crippen molar-refractivity contribution < 1.29 is 9.84 Å². The molecular formula is C9H19NO2S. The van der Waals surface area contributed by atoms with Gasteiger partial charge in [-0.3, -0.25) is 0 Å². The maximum absolute atomic E-state index is 8.59. The highest BCUT2D eigenvalue weighted by molar-refractivity contribution is 7.99. The lowest BCUT2D eigenvalue weighted by Crippen LogP contribution is -2.41. The summed E-state index contributed by atoms with van der Waals surface area (Å²) in [5.41, 5.74) is 0. The Balaban J connectivity index is 2.00. The predicted molar refractivity (Wildman–Crippen MR) is 56.3 cm³/mol. The zero-order chi connectivity index (χ0) is 9.52. The second kappa shape index (κ2) is 6.65. The molecule has 1 fully saturated rings. The molecule has 3 nitrogen and oxygen atoms in total. The summed E-state index contributed by atoms with van der Waals surface area (Å²) < 4.78 is 5.60. The first-order valence-electron chi connectivity index (χ1n) is 4.81. The van der Waals surface area contributed by atoms with Crippen LogP contribution < -0.4 is 0 Å². The van der Waals surface area contributed by atoms with Crippen LogP contribution in [0.4, 0.5) is 0 Å². The summed E-state index contributed by atoms with van der Waals surface area (Å²) in [7, 11) is 2.13. The zero-order valence-electron chi connectivity index (χ0n) is 8.24. The fourth-order valence-corrected chi connectivity index (χ4v) is 2.31. The van der Waals surface area contributed by atoms with Gasteiger partial charge in [-0.25, -0.2) is 0 Å². The van der Waals surface area contributed by atoms with Gasteiger partial charge in [0.05, 0.1) is 12.7 Å². The second-order valence-electron chi connectivity index (χ2n) is 3.41. The summed E-state index contributed by atoms with van der Waals surface area (Å²) in [5, 5.41) is 8.59. The van der Waals surface area contributed by atoms with Crippen molar-refractivity contribution in [1.29, 1.82) is 0 Å². The SMILES string of the molecule is CN1CCOC(CSCCCO)C1. The minimum absolute atomic E-state index is 0.304. The third-order valence-electron chi connectivity index (χ3n) is 2.09. The lowest BCUT2D eigenvalue weighted by atomic mass is 10.3. The highest BCUT2D eigenvalue weighted by atomic mass is 32.2. The van der Waals surface area contributed by atoms with Gasteiger partial charge >= 0.3 is 0 Å². The fourth-order valence-electron chi connectivity index (χ4n) is 1.35. The number of hydrogen-bond donors (Lipinski definition) is 1. The van der Waals surface area contributed by atoms with Crippen LogP contribution in [-0.2, 0) is 4.74 Å². The highest BCUT2D eigenvalue weighted by Crippen LogP contribution is 2.11. The van der Waals surface area contributed by atoms with Crippen LogP contribution in [0, 0.1) is 0 Å². The number of aliphatic hydroxyl groups excluding tert-OH is 1. The number of hydrogen-bond acceptors (Lipinski definition) is 4. The molecule has 1 heterocycles. The number of aliphatic hydroxyl groups is 1. The van der Waals surface area contributed by atoms with Gasteiger partial charge in [-0.1, -0.05) is 0 Å². The Labute approximate surface area is 84.4 Å². The Morgan fingerprint density at radius 2 is 2.46 bits per heavy atom. The molecule has 1 aliphatic rings. The maximum Gasteiger partial charge on any atom is 0.0792 e. The smallest absolute Gasteiger partial charge is 0.0792 e. The quantitative estimate of drug-likeness (QED) is 0.660. The molecule has 4 heteroatoms. The summed E-state index contributed by atoms with van der Waals surface area (Å²) in [6.07, 6.45) is 1.29. The first kappa shape index (κ1) is 11.3. The minimum Gasteiger partial charge on any atom is -0.396 e. The molecular weight excluding hydrogens is 186 g/mol. The molecule has 0 radical (unpaired) electrons. The summed E-state index contributed by atoms with van der Waals surface area (Å²) in [4.78, 5) is 2.31. The van der Waals surface area contributed by atoms with Crippen LogP contribution in [0.5, 0.6) is 0 Å². The molecule has 1 atom stereocenters. The fraction of sp³-hybridized carbons (Fsp3) is 1.00. The number of rotatable bonds is 5. The van der Waals surface area contributed by atoms with Gasteiger partial charge in [-0.05, 0) is 19.2 Å². The van der Waals surface area contributed by atoms with Crippen molar-refractivity contribution in [1.82, 2.24) is 4.90 Å². The van der Waals surface area contributed by atoms with Crippen molar-refractivity contribution in [3.63, 3.8) is 0 Å². The average molecular weight is 205 g/mol. The Morgan fingerprint density at radius 1 is 1.62 bits per heavy atom. The normalized spacial score (nSPS) is 24.9. The number of ether oxygens (including phenoxy) is 1. The first-order valence-corrected chi connectivity index (χ1v) is 5.97. The summed E-state index contributed by atoms with van der Waals surface area (Å²) >= 11 is 1.87. The number of likely N-dealkylation sites (N-methyl/N-ethyl adjacent to an activating group) is 1. The van der Waals surface area contributed by atoms with Gasteiger partial charge in [-0.15, -0.1) is 0 Å². The van der Waals surface area contributed by atoms with E-state index in [9.17, 15) is 0 Å². The molecule has 0 aromatic rings. The molecule has 0 bridgehead atoms. The molecule has 0 amide bonds. The van der Waals surface area contributed by atoms with Gasteiger partial charge in [0.2, 0.25) is 0 Å². The predicted octanol–water partition coefficient (Wildman–Crippen LogP) is 0.433. The highest BCUT2D eigenvalue weighted by Gasteiger charge is 2.16. The van der Waals surface area contributed by atoms with E-state index in [0.717, 1.165) is 37.6 Å². The molecule has 1 N–H and O–H groups in total. The molecule has 1 saturated heterocycles. The van der Waals surface area contributed by atoms with E-state index in [4.69, 9.17) is 9.84 Å². The van der Waals surface area contributed by atoms with Gasteiger partial charge in [0, 0.05) is 25.4 Å². The zero-order valence-corrected chi connectivity index (χ0v) is 9.05. The van der Waals surface area contributed by atoms with Crippen molar-refractivity contribution in [2.45, 2.75) is 12.5 Å². The molecule has 1 rings (SSSR count). The van der Waals surface area contributed by atoms with Crippen molar-refractivity contribution in [3.8, 4) is 0 Å². The monoisotopic (exact) mass is 205 g/mol. The Morgan fingerprint density at radius 3 is 3.15 bits per heavy atom. The first-order chi connectivity index (χ1) is 6.33. The Hall–Kier alpha value is 0.230. The van der Waals surface area contributed by atoms with Crippen LogP contribution >= 0.6 is 11.8 Å². The van der Waals surface area contributed by atoms with Crippen molar-refractivity contribution >= 4 is 11.8 Å². The number of morpholine rings is 1. The number of nitrogens with zero attached hydrogens (tertiary/aromatic N) is 1. The molecule has 1 aliphatic heterocycles. The topological polar surface area (TPSA) is 32.7 Å². The third-order valence-corrected chi connectivity index (χ3v) is 3.28. The van der Waals surface area contributed by atoms with E-state index in [1.54, 1.807) is 0 Å². The van der Waals surface area contributed by atoms with E-state index in [1.165, 1.54) is 0 Å². The van der Waals surface area contributed by atoms with E-state index in [2.05, 4.69) is 11.9 Å². The lowest BCUT2D eigenvalue weighted by Gasteiger charge is -2.29. The number of thioether (sulfide) groups is 1. The van der Waals surface area contributed by atoms with Crippen LogP contribution in [-0.4, -0.2) is 61.0 Å². The van der Waals surface area contributed by atoms with E-state index in [1.807, 2.05) is 11.8 Å². The molecule has 1 unspecified atom stereocenters. The molecule has 13 heavy (non-hydrogen) atoms. The molecule has 0 aliphatic carbocycles. The summed E-state index contributed by atoms with van der Waals surface area (Å²) in [6, 6.07) is 0. The van der Waals surface area contributed by atoms with Crippen molar-refractivity contribution in [3.05, 3.63) is 0 Å². The maximum atomic E-state index is 8.59. The van der Waals surface area contributed by atoms with Gasteiger partial charge in [-0.2, -0.15) is 11.8 Å². The minimum atomic E-state index is 0.304. The van der Waals surface area contributed by atoms with Crippen LogP contribution in [0.2, 0.25) is 0 Å². The molecule has 78 valence electrons. The van der Waals surface area contributed by atoms with Crippen molar-refractivity contribution in [2.24, 2.45) is 0 Å². The molecule has 0 aromatic heterocycles. The van der Waals surface area contributed by atoms with Crippen LogP contribution in [0.1, 0.15) is 6.42 Å². The molecule has 0 saturated carbocycles. The van der Waals surface area contributed by atoms with Gasteiger partial charge in [0.1, 0.15) is 0 Å². The van der Waals surface area contributed by atoms with E-state index in [0.29, 0.717) is 12.7 Å².